The van der Waals surface area contributed by atoms with Gasteiger partial charge in [-0.2, -0.15) is 0 Å². The van der Waals surface area contributed by atoms with E-state index in [9.17, 15) is 40.9 Å². The molecule has 2 heterocycles. The van der Waals surface area contributed by atoms with Crippen LogP contribution in [0, 0.1) is 98.6 Å². The summed E-state index contributed by atoms with van der Waals surface area (Å²) in [7, 11) is 0. The quantitative estimate of drug-likeness (QED) is 0.0605. The van der Waals surface area contributed by atoms with E-state index >= 15 is 0 Å². The molecule has 2 aliphatic heterocycles. The second-order valence-corrected chi connectivity index (χ2v) is 30.8. The average Bonchev–Trinajstić information content (AvgIpc) is 2.62. The van der Waals surface area contributed by atoms with E-state index in [1.807, 2.05) is 0 Å². The molecule has 0 amide bonds. The fourth-order valence-electron chi connectivity index (χ4n) is 21.3. The molecule has 0 aromatic heterocycles. The fourth-order valence-corrected chi connectivity index (χ4v) is 21.3. The number of hydrogen-bond acceptors (Lipinski definition) is 12. The summed E-state index contributed by atoms with van der Waals surface area (Å²) in [6.07, 6.45) is 19.4. The second kappa shape index (κ2) is 26.4. The van der Waals surface area contributed by atoms with Gasteiger partial charge in [-0.15, -0.1) is 0 Å². The molecule has 12 nitrogen and oxygen atoms in total. The van der Waals surface area contributed by atoms with Crippen molar-refractivity contribution >= 4 is 0 Å². The summed E-state index contributed by atoms with van der Waals surface area (Å²) >= 11 is 0. The Morgan fingerprint density at radius 3 is 1.35 bits per heavy atom. The molecule has 8 N–H and O–H groups in total. The van der Waals surface area contributed by atoms with Crippen LogP contribution in [0.5, 0.6) is 0 Å². The Morgan fingerprint density at radius 1 is 0.549 bits per heavy atom. The Bertz CT molecular complexity index is 2180. The van der Waals surface area contributed by atoms with Crippen LogP contribution in [0.1, 0.15) is 217 Å². The van der Waals surface area contributed by atoms with E-state index in [4.69, 9.17) is 18.9 Å². The van der Waals surface area contributed by atoms with Crippen molar-refractivity contribution in [2.45, 2.75) is 291 Å². The Hall–Kier alpha value is -1.26. The number of aliphatic hydroxyl groups excluding tert-OH is 8. The molecule has 0 aromatic rings. The third kappa shape index (κ3) is 12.3. The lowest BCUT2D eigenvalue weighted by Crippen LogP contribution is -2.60. The Morgan fingerprint density at radius 2 is 0.976 bits per heavy atom. The molecule has 8 aliphatic carbocycles. The molecule has 0 radical (unpaired) electrons. The molecule has 10 rings (SSSR count). The van der Waals surface area contributed by atoms with Gasteiger partial charge >= 0.3 is 0 Å². The first-order valence-corrected chi connectivity index (χ1v) is 33.8. The van der Waals surface area contributed by atoms with Gasteiger partial charge in [0.2, 0.25) is 0 Å². The molecule has 0 bridgehead atoms. The average molecular weight is 1150 g/mol. The number of ether oxygens (including phenoxy) is 4. The lowest BCUT2D eigenvalue weighted by Gasteiger charge is -2.58. The molecular formula is C70H118O12. The van der Waals surface area contributed by atoms with Crippen LogP contribution in [-0.4, -0.2) is 128 Å². The molecule has 6 saturated carbocycles. The standard InChI is InChI=1S/C35H60O6.C35H58O6/c2*1-7-22(20(2)3)9-8-21(4)26-12-13-27-25-11-10-23-18-24(14-16-34(23,5)28(25)15-17-35(26,27)6)40-33-32(39)31(38)30(37)29(19-36)41-33/h10,20-22,24-33,36-39H,7-9,11-19H2,1-6H3;10,21-22,24-33,36-39H,2,7-9,11-19H2,1,3-6H3. The van der Waals surface area contributed by atoms with Crippen LogP contribution in [0.15, 0.2) is 35.5 Å². The first-order chi connectivity index (χ1) is 38.9. The van der Waals surface area contributed by atoms with Crippen LogP contribution in [0.3, 0.4) is 0 Å². The van der Waals surface area contributed by atoms with E-state index in [1.54, 1.807) is 0 Å². The van der Waals surface area contributed by atoms with E-state index in [-0.39, 0.29) is 23.0 Å². The van der Waals surface area contributed by atoms with Crippen molar-refractivity contribution in [1.82, 2.24) is 0 Å². The molecule has 28 atom stereocenters. The molecule has 12 heteroatoms. The van der Waals surface area contributed by atoms with Crippen molar-refractivity contribution < 1.29 is 59.8 Å². The van der Waals surface area contributed by atoms with E-state index in [0.717, 1.165) is 116 Å². The lowest BCUT2D eigenvalue weighted by molar-refractivity contribution is -0.313. The number of allylic oxidation sites excluding steroid dienone is 3. The summed E-state index contributed by atoms with van der Waals surface area (Å²) < 4.78 is 23.8. The maximum absolute atomic E-state index is 10.5. The monoisotopic (exact) mass is 1150 g/mol. The second-order valence-electron chi connectivity index (χ2n) is 30.8. The highest BCUT2D eigenvalue weighted by molar-refractivity contribution is 5.27. The van der Waals surface area contributed by atoms with Gasteiger partial charge in [0.15, 0.2) is 12.6 Å². The van der Waals surface area contributed by atoms with Crippen molar-refractivity contribution in [2.75, 3.05) is 13.2 Å². The predicted octanol–water partition coefficient (Wildman–Crippen LogP) is 11.6. The minimum atomic E-state index is -1.40. The largest absolute Gasteiger partial charge is 0.394 e. The summed E-state index contributed by atoms with van der Waals surface area (Å²) in [5.41, 5.74) is 5.68. The number of rotatable bonds is 18. The minimum Gasteiger partial charge on any atom is -0.394 e. The summed E-state index contributed by atoms with van der Waals surface area (Å²) in [6, 6.07) is 0. The van der Waals surface area contributed by atoms with Crippen LogP contribution in [0.4, 0.5) is 0 Å². The van der Waals surface area contributed by atoms with Gasteiger partial charge in [0.1, 0.15) is 48.8 Å². The predicted molar refractivity (Wildman–Crippen MR) is 322 cm³/mol. The zero-order valence-electron chi connectivity index (χ0n) is 53.0. The zero-order valence-corrected chi connectivity index (χ0v) is 53.0. The number of fused-ring (bicyclic) bond motifs is 10. The van der Waals surface area contributed by atoms with E-state index in [2.05, 4.69) is 94.9 Å². The van der Waals surface area contributed by atoms with E-state index < -0.39 is 74.6 Å². The van der Waals surface area contributed by atoms with Crippen molar-refractivity contribution in [3.8, 4) is 0 Å². The van der Waals surface area contributed by atoms with Gasteiger partial charge in [-0.25, -0.2) is 0 Å². The van der Waals surface area contributed by atoms with Gasteiger partial charge < -0.3 is 59.8 Å². The first-order valence-electron chi connectivity index (χ1n) is 33.8. The number of hydrogen-bond donors (Lipinski definition) is 8. The van der Waals surface area contributed by atoms with Crippen molar-refractivity contribution in [1.29, 1.82) is 0 Å². The van der Waals surface area contributed by atoms with Crippen LogP contribution >= 0.6 is 0 Å². The first kappa shape index (κ1) is 65.2. The Balaban J connectivity index is 0.000000198. The van der Waals surface area contributed by atoms with Gasteiger partial charge in [0.05, 0.1) is 25.4 Å². The van der Waals surface area contributed by atoms with Gasteiger partial charge in [0, 0.05) is 0 Å². The summed E-state index contributed by atoms with van der Waals surface area (Å²) in [6.45, 7) is 30.5. The molecule has 0 spiro atoms. The highest BCUT2D eigenvalue weighted by Gasteiger charge is 2.62. The maximum atomic E-state index is 10.5. The van der Waals surface area contributed by atoms with Crippen LogP contribution in [0.2, 0.25) is 0 Å². The summed E-state index contributed by atoms with van der Waals surface area (Å²) in [5.74, 6) is 10.2. The molecular weight excluding hydrogens is 1030 g/mol. The minimum absolute atomic E-state index is 0.101. The van der Waals surface area contributed by atoms with Gasteiger partial charge in [0.25, 0.3) is 0 Å². The molecule has 2 saturated heterocycles. The fraction of sp³-hybridized carbons (Fsp3) is 0.914. The van der Waals surface area contributed by atoms with Crippen molar-refractivity contribution in [3.05, 3.63) is 35.5 Å². The van der Waals surface area contributed by atoms with Crippen molar-refractivity contribution in [3.63, 3.8) is 0 Å². The van der Waals surface area contributed by atoms with Gasteiger partial charge in [-0.3, -0.25) is 0 Å². The normalized spacial score (nSPS) is 47.6. The van der Waals surface area contributed by atoms with Gasteiger partial charge in [-0.05, 0) is 234 Å². The topological polar surface area (TPSA) is 199 Å². The summed E-state index contributed by atoms with van der Waals surface area (Å²) in [5, 5.41) is 80.8. The van der Waals surface area contributed by atoms with Crippen LogP contribution in [-0.2, 0) is 18.9 Å². The molecule has 8 fully saturated rings. The maximum Gasteiger partial charge on any atom is 0.186 e. The Kier molecular flexibility index (Phi) is 21.0. The molecule has 10 aliphatic rings. The van der Waals surface area contributed by atoms with Crippen molar-refractivity contribution in [2.24, 2.45) is 98.6 Å². The smallest absolute Gasteiger partial charge is 0.186 e. The lowest BCUT2D eigenvalue weighted by atomic mass is 9.47. The summed E-state index contributed by atoms with van der Waals surface area (Å²) in [4.78, 5) is 0. The SMILES string of the molecule is C=C(C)C(CC)CCC(C)C1CCC2C3CC=C4CC(OC5OC(CO)C(O)C(O)C5O)CCC4(C)C3CCC12C.CCC(CCC(C)C1CCC2C3CC=C4CC(OC5OC(CO)C(O)C(O)C5O)CCC4(C)C3CCC12C)C(C)C. The van der Waals surface area contributed by atoms with E-state index in [0.29, 0.717) is 16.7 Å². The Labute approximate surface area is 496 Å². The molecule has 0 aromatic carbocycles. The molecule has 28 unspecified atom stereocenters. The third-order valence-electron chi connectivity index (χ3n) is 26.6. The zero-order chi connectivity index (χ0) is 59.4. The highest BCUT2D eigenvalue weighted by Crippen LogP contribution is 2.69. The van der Waals surface area contributed by atoms with E-state index in [1.165, 1.54) is 113 Å². The molecule has 82 heavy (non-hydrogen) atoms. The van der Waals surface area contributed by atoms with Crippen LogP contribution in [0.25, 0.3) is 0 Å². The number of aliphatic hydroxyl groups is 8. The molecule has 470 valence electrons. The third-order valence-corrected chi connectivity index (χ3v) is 26.6. The van der Waals surface area contributed by atoms with Gasteiger partial charge in [-0.1, -0.05) is 118 Å². The highest BCUT2D eigenvalue weighted by atomic mass is 16.7. The van der Waals surface area contributed by atoms with Crippen LogP contribution < -0.4 is 0 Å².